The third-order valence-electron chi connectivity index (χ3n) is 1.48. The molecule has 0 unspecified atom stereocenters. The van der Waals surface area contributed by atoms with Crippen LogP contribution >= 0.6 is 22.4 Å². The van der Waals surface area contributed by atoms with Crippen molar-refractivity contribution < 1.29 is 21.6 Å². The van der Waals surface area contributed by atoms with Crippen molar-refractivity contribution in [3.8, 4) is 0 Å². The Balaban J connectivity index is 2.54. The summed E-state index contributed by atoms with van der Waals surface area (Å²) in [6.07, 6.45) is 2.07. The molecule has 1 heterocycles. The van der Waals surface area contributed by atoms with Gasteiger partial charge in [-0.1, -0.05) is 0 Å². The monoisotopic (exact) mass is 294 g/mol. The van der Waals surface area contributed by atoms with E-state index in [1.807, 2.05) is 0 Å². The van der Waals surface area contributed by atoms with Gasteiger partial charge in [0.15, 0.2) is 0 Å². The van der Waals surface area contributed by atoms with Gasteiger partial charge in [-0.3, -0.25) is 4.68 Å². The lowest BCUT2D eigenvalue weighted by atomic mass is 10.7. The van der Waals surface area contributed by atoms with Gasteiger partial charge in [0, 0.05) is 22.6 Å². The van der Waals surface area contributed by atoms with Gasteiger partial charge in [-0.25, -0.2) is 8.42 Å². The first-order chi connectivity index (χ1) is 7.18. The third kappa shape index (κ3) is 4.62. The van der Waals surface area contributed by atoms with E-state index in [2.05, 4.69) is 5.10 Å². The van der Waals surface area contributed by atoms with Crippen LogP contribution in [0.2, 0.25) is 0 Å². The van der Waals surface area contributed by atoms with Gasteiger partial charge in [0.05, 0.1) is 12.7 Å². The zero-order valence-electron chi connectivity index (χ0n) is 7.61. The van der Waals surface area contributed by atoms with E-state index in [0.717, 1.165) is 17.1 Å². The zero-order valence-corrected chi connectivity index (χ0v) is 10.00. The van der Waals surface area contributed by atoms with Gasteiger partial charge in [-0.05, 0) is 11.8 Å². The molecule has 4 nitrogen and oxygen atoms in total. The molecule has 0 spiro atoms. The zero-order chi connectivity index (χ0) is 12.4. The summed E-state index contributed by atoms with van der Waals surface area (Å²) >= 11 is -0.198. The van der Waals surface area contributed by atoms with E-state index in [0.29, 0.717) is 0 Å². The Bertz CT molecular complexity index is 457. The summed E-state index contributed by atoms with van der Waals surface area (Å²) in [6.45, 7) is -0.0451. The maximum Gasteiger partial charge on any atom is 0.441 e. The lowest BCUT2D eigenvalue weighted by molar-refractivity contribution is -0.0328. The topological polar surface area (TPSA) is 52.0 Å². The molecule has 0 aliphatic heterocycles. The molecule has 0 aliphatic rings. The van der Waals surface area contributed by atoms with Crippen LogP contribution in [0.5, 0.6) is 0 Å². The van der Waals surface area contributed by atoms with E-state index < -0.39 is 14.6 Å². The smallest absolute Gasteiger partial charge is 0.271 e. The highest BCUT2D eigenvalue weighted by Crippen LogP contribution is 2.30. The molecule has 0 aliphatic carbocycles. The second kappa shape index (κ2) is 4.84. The Hall–Kier alpha value is -0.410. The fraction of sp³-hybridized carbons (Fsp3) is 0.500. The van der Waals surface area contributed by atoms with Gasteiger partial charge in [-0.2, -0.15) is 18.3 Å². The van der Waals surface area contributed by atoms with Gasteiger partial charge < -0.3 is 0 Å². The van der Waals surface area contributed by atoms with Crippen molar-refractivity contribution in [3.63, 3.8) is 0 Å². The van der Waals surface area contributed by atoms with Gasteiger partial charge >= 0.3 is 5.51 Å². The van der Waals surface area contributed by atoms with Crippen LogP contribution in [-0.4, -0.2) is 29.5 Å². The van der Waals surface area contributed by atoms with E-state index >= 15 is 0 Å². The van der Waals surface area contributed by atoms with Crippen molar-refractivity contribution >= 4 is 31.5 Å². The van der Waals surface area contributed by atoms with Gasteiger partial charge in [0.2, 0.25) is 0 Å². The molecule has 0 amide bonds. The summed E-state index contributed by atoms with van der Waals surface area (Å²) < 4.78 is 58.0. The molecule has 0 fully saturated rings. The summed E-state index contributed by atoms with van der Waals surface area (Å²) in [5.41, 5.74) is -4.30. The highest BCUT2D eigenvalue weighted by Gasteiger charge is 2.27. The molecule has 0 N–H and O–H groups in total. The van der Waals surface area contributed by atoms with Crippen LogP contribution in [0, 0.1) is 0 Å². The number of nitrogens with zero attached hydrogens (tertiary/aromatic N) is 2. The standard InChI is InChI=1S/C6H6ClF3N2O2S2/c7-16(13,14)5-3-11-12(4-5)1-2-15-6(8,9)10/h3-4H,1-2H2. The highest BCUT2D eigenvalue weighted by molar-refractivity contribution is 8.13. The van der Waals surface area contributed by atoms with E-state index in [-0.39, 0.29) is 29.0 Å². The molecule has 0 atom stereocenters. The number of hydrogen-bond acceptors (Lipinski definition) is 4. The van der Waals surface area contributed by atoms with Crippen LogP contribution in [0.3, 0.4) is 0 Å². The molecular formula is C6H6ClF3N2O2S2. The van der Waals surface area contributed by atoms with Crippen LogP contribution in [0.1, 0.15) is 0 Å². The number of halogens is 4. The van der Waals surface area contributed by atoms with Crippen LogP contribution in [0.15, 0.2) is 17.3 Å². The summed E-state index contributed by atoms with van der Waals surface area (Å²) in [4.78, 5) is -0.230. The fourth-order valence-electron chi connectivity index (χ4n) is 0.848. The first kappa shape index (κ1) is 13.7. The molecule has 1 rings (SSSR count). The molecule has 0 saturated heterocycles. The average molecular weight is 295 g/mol. The minimum atomic E-state index is -4.30. The van der Waals surface area contributed by atoms with Crippen LogP contribution < -0.4 is 0 Å². The van der Waals surface area contributed by atoms with Crippen LogP contribution in [0.4, 0.5) is 13.2 Å². The van der Waals surface area contributed by atoms with E-state index in [9.17, 15) is 21.6 Å². The molecule has 0 radical (unpaired) electrons. The molecule has 1 aromatic heterocycles. The quantitative estimate of drug-likeness (QED) is 0.798. The van der Waals surface area contributed by atoms with Crippen molar-refractivity contribution in [2.45, 2.75) is 16.9 Å². The molecule has 1 aromatic rings. The number of aromatic nitrogens is 2. The lowest BCUT2D eigenvalue weighted by Crippen LogP contribution is -2.07. The summed E-state index contributed by atoms with van der Waals surface area (Å²) in [5, 5.41) is 3.57. The van der Waals surface area contributed by atoms with Gasteiger partial charge in [0.1, 0.15) is 4.90 Å². The first-order valence-corrected chi connectivity index (χ1v) is 7.16. The van der Waals surface area contributed by atoms with Crippen molar-refractivity contribution in [3.05, 3.63) is 12.4 Å². The lowest BCUT2D eigenvalue weighted by Gasteiger charge is -2.04. The number of hydrogen-bond donors (Lipinski definition) is 0. The maximum atomic E-state index is 11.8. The van der Waals surface area contributed by atoms with Crippen molar-refractivity contribution in [2.24, 2.45) is 0 Å². The molecule has 10 heteroatoms. The second-order valence-corrected chi connectivity index (χ2v) is 6.40. The highest BCUT2D eigenvalue weighted by atomic mass is 35.7. The Labute approximate surface area is 98.2 Å². The minimum absolute atomic E-state index is 0.0451. The summed E-state index contributed by atoms with van der Waals surface area (Å²) in [5.74, 6) is -0.243. The largest absolute Gasteiger partial charge is 0.441 e. The van der Waals surface area contributed by atoms with Gasteiger partial charge in [0.25, 0.3) is 9.05 Å². The van der Waals surface area contributed by atoms with Crippen molar-refractivity contribution in [2.75, 3.05) is 5.75 Å². The van der Waals surface area contributed by atoms with Crippen LogP contribution in [-0.2, 0) is 15.6 Å². The third-order valence-corrected chi connectivity index (χ3v) is 3.50. The van der Waals surface area contributed by atoms with E-state index in [1.165, 1.54) is 0 Å². The summed E-state index contributed by atoms with van der Waals surface area (Å²) in [7, 11) is 1.14. The Morgan fingerprint density at radius 1 is 1.50 bits per heavy atom. The maximum absolute atomic E-state index is 11.8. The molecule has 16 heavy (non-hydrogen) atoms. The minimum Gasteiger partial charge on any atom is -0.271 e. The first-order valence-electron chi connectivity index (χ1n) is 3.86. The predicted molar refractivity (Wildman–Crippen MR) is 53.8 cm³/mol. The number of rotatable bonds is 4. The van der Waals surface area contributed by atoms with Crippen molar-refractivity contribution in [1.82, 2.24) is 9.78 Å². The molecule has 92 valence electrons. The normalized spacial score (nSPS) is 13.0. The fourth-order valence-corrected chi connectivity index (χ4v) is 2.02. The average Bonchev–Trinajstić information content (AvgIpc) is 2.49. The number of aryl methyl sites for hydroxylation is 1. The van der Waals surface area contributed by atoms with E-state index in [4.69, 9.17) is 10.7 Å². The van der Waals surface area contributed by atoms with Gasteiger partial charge in [-0.15, -0.1) is 0 Å². The molecule has 0 aromatic carbocycles. The Kier molecular flexibility index (Phi) is 4.13. The predicted octanol–water partition coefficient (Wildman–Crippen LogP) is 2.06. The Morgan fingerprint density at radius 3 is 2.56 bits per heavy atom. The van der Waals surface area contributed by atoms with Crippen molar-refractivity contribution in [1.29, 1.82) is 0 Å². The molecule has 0 saturated carbocycles. The summed E-state index contributed by atoms with van der Waals surface area (Å²) in [6, 6.07) is 0. The van der Waals surface area contributed by atoms with E-state index in [1.54, 1.807) is 0 Å². The SMILES string of the molecule is O=S(=O)(Cl)c1cnn(CCSC(F)(F)F)c1. The number of thioether (sulfide) groups is 1. The van der Waals surface area contributed by atoms with Crippen LogP contribution in [0.25, 0.3) is 0 Å². The molecular weight excluding hydrogens is 289 g/mol. The molecule has 0 bridgehead atoms. The number of alkyl halides is 3. The second-order valence-electron chi connectivity index (χ2n) is 2.67. The Morgan fingerprint density at radius 2 is 2.12 bits per heavy atom.